The number of rotatable bonds is 18. The van der Waals surface area contributed by atoms with Gasteiger partial charge in [-0.3, -0.25) is 0 Å². The molecule has 0 unspecified atom stereocenters. The van der Waals surface area contributed by atoms with E-state index in [-0.39, 0.29) is 0 Å². The molecule has 2 heteroatoms. The van der Waals surface area contributed by atoms with E-state index in [1.165, 1.54) is 77.0 Å². The summed E-state index contributed by atoms with van der Waals surface area (Å²) in [6, 6.07) is 0. The normalized spacial score (nSPS) is 11.1. The lowest BCUT2D eigenvalue weighted by atomic mass is 10.4. The number of hydrogen-bond acceptors (Lipinski definition) is 0. The Hall–Kier alpha value is 0.860. The van der Waals surface area contributed by atoms with Crippen molar-refractivity contribution in [3.63, 3.8) is 0 Å². The van der Waals surface area contributed by atoms with E-state index < -0.39 is 0 Å². The van der Waals surface area contributed by atoms with Gasteiger partial charge in [-0.2, -0.15) is 0 Å². The van der Waals surface area contributed by atoms with E-state index in [0.29, 0.717) is 15.8 Å². The first-order chi connectivity index (χ1) is 12.7. The Bertz CT molecular complexity index is 168. The molecule has 26 heavy (non-hydrogen) atoms. The summed E-state index contributed by atoms with van der Waals surface area (Å²) in [6.07, 6.45) is 26.4. The third-order valence-corrected chi connectivity index (χ3v) is 10.7. The van der Waals surface area contributed by atoms with Gasteiger partial charge < -0.3 is 0 Å². The predicted octanol–water partition coefficient (Wildman–Crippen LogP) is 9.74. The fraction of sp³-hybridized carbons (Fsp3) is 1.00. The van der Waals surface area contributed by atoms with Crippen LogP contribution in [0.15, 0.2) is 0 Å². The van der Waals surface area contributed by atoms with Gasteiger partial charge in [-0.15, -0.1) is 15.8 Å². The summed E-state index contributed by atoms with van der Waals surface area (Å²) in [5, 5.41) is 0. The predicted molar refractivity (Wildman–Crippen MR) is 132 cm³/mol. The zero-order chi connectivity index (χ0) is 19.9. The summed E-state index contributed by atoms with van der Waals surface area (Å²) >= 11 is 0. The zero-order valence-corrected chi connectivity index (χ0v) is 21.4. The molecule has 0 saturated carbocycles. The lowest BCUT2D eigenvalue weighted by Gasteiger charge is -2.16. The van der Waals surface area contributed by atoms with Crippen LogP contribution in [-0.4, -0.2) is 37.0 Å². The molecule has 0 atom stereocenters. The van der Waals surface area contributed by atoms with Crippen molar-refractivity contribution >= 4 is 15.8 Å². The van der Waals surface area contributed by atoms with E-state index in [1.54, 1.807) is 37.0 Å². The Balaban J connectivity index is 0. The molecule has 0 aromatic rings. The average Bonchev–Trinajstić information content (AvgIpc) is 2.67. The van der Waals surface area contributed by atoms with Crippen LogP contribution in [0.1, 0.15) is 119 Å². The molecule has 0 fully saturated rings. The molecule has 0 aliphatic heterocycles. The molecule has 0 radical (unpaired) electrons. The molecule has 0 N–H and O–H groups in total. The molecule has 0 aromatic heterocycles. The van der Waals surface area contributed by atoms with Crippen molar-refractivity contribution in [2.75, 3.05) is 37.0 Å². The maximum absolute atomic E-state index is 2.31. The molecule has 0 bridgehead atoms. The SMILES string of the molecule is CCCCP(CCCC)CCCC.CCCCP(CCCC)CCCC. The van der Waals surface area contributed by atoms with E-state index in [9.17, 15) is 0 Å². The highest BCUT2D eigenvalue weighted by atomic mass is 31.1. The summed E-state index contributed by atoms with van der Waals surface area (Å²) in [6.45, 7) is 13.9. The quantitative estimate of drug-likeness (QED) is 0.199. The summed E-state index contributed by atoms with van der Waals surface area (Å²) in [7, 11) is 0.843. The Kier molecular flexibility index (Phi) is 28.9. The van der Waals surface area contributed by atoms with Gasteiger partial charge in [-0.25, -0.2) is 0 Å². The van der Waals surface area contributed by atoms with Crippen molar-refractivity contribution in [1.29, 1.82) is 0 Å². The number of unbranched alkanes of at least 4 members (excludes halogenated alkanes) is 6. The average molecular weight is 405 g/mol. The van der Waals surface area contributed by atoms with Crippen LogP contribution in [0.2, 0.25) is 0 Å². The van der Waals surface area contributed by atoms with E-state index >= 15 is 0 Å². The molecule has 0 aliphatic carbocycles. The lowest BCUT2D eigenvalue weighted by molar-refractivity contribution is 0.847. The van der Waals surface area contributed by atoms with Crippen molar-refractivity contribution in [2.24, 2.45) is 0 Å². The van der Waals surface area contributed by atoms with E-state index in [0.717, 1.165) is 0 Å². The van der Waals surface area contributed by atoms with Crippen LogP contribution in [0.3, 0.4) is 0 Å². The van der Waals surface area contributed by atoms with Crippen molar-refractivity contribution < 1.29 is 0 Å². The van der Waals surface area contributed by atoms with Crippen LogP contribution in [0.5, 0.6) is 0 Å². The minimum atomic E-state index is 0.422. The lowest BCUT2D eigenvalue weighted by Crippen LogP contribution is -1.95. The van der Waals surface area contributed by atoms with Crippen LogP contribution in [0, 0.1) is 0 Å². The maximum Gasteiger partial charge on any atom is -0.0326 e. The van der Waals surface area contributed by atoms with E-state index in [1.807, 2.05) is 0 Å². The van der Waals surface area contributed by atoms with Gasteiger partial charge in [0.25, 0.3) is 0 Å². The maximum atomic E-state index is 2.31. The molecule has 0 spiro atoms. The molecule has 160 valence electrons. The van der Waals surface area contributed by atoms with Gasteiger partial charge in [0.2, 0.25) is 0 Å². The Morgan fingerprint density at radius 2 is 0.462 bits per heavy atom. The highest BCUT2D eigenvalue weighted by Gasteiger charge is 2.06. The molecule has 0 aromatic carbocycles. The van der Waals surface area contributed by atoms with Gasteiger partial charge in [-0.05, 0) is 75.5 Å². The third-order valence-electron chi connectivity index (χ3n) is 4.97. The molecule has 0 heterocycles. The van der Waals surface area contributed by atoms with Crippen LogP contribution >= 0.6 is 15.8 Å². The van der Waals surface area contributed by atoms with Crippen LogP contribution < -0.4 is 0 Å². The van der Waals surface area contributed by atoms with Crippen LogP contribution in [0.25, 0.3) is 0 Å². The third kappa shape index (κ3) is 22.9. The summed E-state index contributed by atoms with van der Waals surface area (Å²) in [5.74, 6) is 0. The Morgan fingerprint density at radius 3 is 0.577 bits per heavy atom. The molecule has 0 nitrogen and oxygen atoms in total. The fourth-order valence-corrected chi connectivity index (χ4v) is 8.88. The summed E-state index contributed by atoms with van der Waals surface area (Å²) in [5.41, 5.74) is 0. The molecular formula is C24H54P2. The monoisotopic (exact) mass is 404 g/mol. The first-order valence-corrected chi connectivity index (χ1v) is 15.9. The number of hydrogen-bond donors (Lipinski definition) is 0. The smallest absolute Gasteiger partial charge is 0.0326 e. The topological polar surface area (TPSA) is 0 Å². The largest absolute Gasteiger partial charge is 0.107 e. The van der Waals surface area contributed by atoms with Crippen LogP contribution in [-0.2, 0) is 0 Å². The fourth-order valence-electron chi connectivity index (χ4n) is 2.96. The molecule has 0 aliphatic rings. The zero-order valence-electron chi connectivity index (χ0n) is 19.6. The molecule has 0 rings (SSSR count). The van der Waals surface area contributed by atoms with Gasteiger partial charge in [0, 0.05) is 0 Å². The van der Waals surface area contributed by atoms with Crippen molar-refractivity contribution in [2.45, 2.75) is 119 Å². The van der Waals surface area contributed by atoms with Gasteiger partial charge in [0.15, 0.2) is 0 Å². The second-order valence-corrected chi connectivity index (χ2v) is 13.2. The van der Waals surface area contributed by atoms with Gasteiger partial charge in [0.05, 0.1) is 0 Å². The van der Waals surface area contributed by atoms with Gasteiger partial charge in [-0.1, -0.05) is 80.1 Å². The van der Waals surface area contributed by atoms with Gasteiger partial charge in [0.1, 0.15) is 0 Å². The molecular weight excluding hydrogens is 350 g/mol. The first kappa shape index (κ1) is 29.1. The Morgan fingerprint density at radius 1 is 0.308 bits per heavy atom. The standard InChI is InChI=1S/2C12H27P/c2*1-4-7-10-13(11-8-5-2)12-9-6-3/h2*4-12H2,1-3H3. The van der Waals surface area contributed by atoms with E-state index in [2.05, 4.69) is 41.5 Å². The highest BCUT2D eigenvalue weighted by molar-refractivity contribution is 7.57. The van der Waals surface area contributed by atoms with Crippen LogP contribution in [0.4, 0.5) is 0 Å². The second-order valence-electron chi connectivity index (χ2n) is 7.80. The van der Waals surface area contributed by atoms with Crippen molar-refractivity contribution in [3.05, 3.63) is 0 Å². The Labute approximate surface area is 171 Å². The second kappa shape index (κ2) is 25.9. The van der Waals surface area contributed by atoms with Gasteiger partial charge >= 0.3 is 0 Å². The molecule has 0 saturated heterocycles. The molecule has 0 amide bonds. The summed E-state index contributed by atoms with van der Waals surface area (Å²) in [4.78, 5) is 0. The summed E-state index contributed by atoms with van der Waals surface area (Å²) < 4.78 is 0. The first-order valence-electron chi connectivity index (χ1n) is 12.1. The minimum Gasteiger partial charge on any atom is -0.107 e. The highest BCUT2D eigenvalue weighted by Crippen LogP contribution is 2.39. The van der Waals surface area contributed by atoms with Crippen molar-refractivity contribution in [1.82, 2.24) is 0 Å². The minimum absolute atomic E-state index is 0.422. The van der Waals surface area contributed by atoms with Crippen molar-refractivity contribution in [3.8, 4) is 0 Å². The van der Waals surface area contributed by atoms with E-state index in [4.69, 9.17) is 0 Å².